The number of carbonyl (C=O) groups excluding carboxylic acids is 3. The van der Waals surface area contributed by atoms with Crippen LogP contribution < -0.4 is 0 Å². The normalized spacial score (nSPS) is 19.2. The Labute approximate surface area is 119 Å². The molecule has 3 amide bonds. The van der Waals surface area contributed by atoms with Crippen molar-refractivity contribution in [1.82, 2.24) is 9.80 Å². The van der Waals surface area contributed by atoms with Gasteiger partial charge in [-0.05, 0) is 19.1 Å². The minimum atomic E-state index is -0.575. The first-order valence-electron chi connectivity index (χ1n) is 6.37. The maximum Gasteiger partial charge on any atom is 0.417 e. The van der Waals surface area contributed by atoms with Crippen LogP contribution in [0.5, 0.6) is 0 Å². The Hall–Kier alpha value is -1.89. The molecular weight excluding hydrogens is 280 g/mol. The third-order valence-corrected chi connectivity index (χ3v) is 4.47. The lowest BCUT2D eigenvalue weighted by molar-refractivity contribution is -0.126. The highest BCUT2D eigenvalue weighted by Gasteiger charge is 2.38. The number of carbonyl (C=O) groups is 3. The molecule has 0 N–H and O–H groups in total. The summed E-state index contributed by atoms with van der Waals surface area (Å²) in [6.45, 7) is 3.29. The standard InChI is InChI=1S/C13H14N2O4S/c1-8-2-3-10(20-8)12(17)14-4-9(5-14)6-15-11(16)7-19-13(15)18/h2-3,9H,4-7H2,1H3. The van der Waals surface area contributed by atoms with Gasteiger partial charge in [-0.25, -0.2) is 9.69 Å². The van der Waals surface area contributed by atoms with Gasteiger partial charge in [0.15, 0.2) is 6.61 Å². The first-order chi connectivity index (χ1) is 9.54. The van der Waals surface area contributed by atoms with Crippen molar-refractivity contribution in [3.05, 3.63) is 21.9 Å². The zero-order valence-corrected chi connectivity index (χ0v) is 11.8. The van der Waals surface area contributed by atoms with Gasteiger partial charge < -0.3 is 9.64 Å². The van der Waals surface area contributed by atoms with Gasteiger partial charge >= 0.3 is 6.09 Å². The zero-order chi connectivity index (χ0) is 14.3. The molecule has 3 heterocycles. The largest absolute Gasteiger partial charge is 0.439 e. The molecule has 20 heavy (non-hydrogen) atoms. The average molecular weight is 294 g/mol. The van der Waals surface area contributed by atoms with E-state index >= 15 is 0 Å². The van der Waals surface area contributed by atoms with Crippen molar-refractivity contribution >= 4 is 29.2 Å². The summed E-state index contributed by atoms with van der Waals surface area (Å²) in [5.41, 5.74) is 0. The van der Waals surface area contributed by atoms with Gasteiger partial charge in [-0.3, -0.25) is 9.59 Å². The van der Waals surface area contributed by atoms with Crippen molar-refractivity contribution in [2.45, 2.75) is 6.92 Å². The van der Waals surface area contributed by atoms with E-state index in [1.807, 2.05) is 19.1 Å². The SMILES string of the molecule is Cc1ccc(C(=O)N2CC(CN3C(=O)COC3=O)C2)s1. The molecule has 2 aliphatic rings. The molecule has 1 aromatic heterocycles. The molecular formula is C13H14N2O4S. The summed E-state index contributed by atoms with van der Waals surface area (Å²) in [6.07, 6.45) is -0.575. The van der Waals surface area contributed by atoms with Crippen LogP contribution in [0.25, 0.3) is 0 Å². The highest BCUT2D eigenvalue weighted by atomic mass is 32.1. The summed E-state index contributed by atoms with van der Waals surface area (Å²) in [6, 6.07) is 3.76. The number of nitrogens with zero attached hydrogens (tertiary/aromatic N) is 2. The fourth-order valence-electron chi connectivity index (χ4n) is 2.37. The van der Waals surface area contributed by atoms with Gasteiger partial charge in [-0.2, -0.15) is 0 Å². The Morgan fingerprint density at radius 3 is 2.70 bits per heavy atom. The van der Waals surface area contributed by atoms with E-state index in [1.165, 1.54) is 11.3 Å². The molecule has 0 radical (unpaired) electrons. The highest BCUT2D eigenvalue weighted by Crippen LogP contribution is 2.24. The van der Waals surface area contributed by atoms with E-state index in [2.05, 4.69) is 4.74 Å². The molecule has 0 bridgehead atoms. The lowest BCUT2D eigenvalue weighted by atomic mass is 9.99. The zero-order valence-electron chi connectivity index (χ0n) is 11.0. The number of ether oxygens (including phenoxy) is 1. The van der Waals surface area contributed by atoms with Gasteiger partial charge in [0.1, 0.15) is 0 Å². The number of amides is 3. The number of aryl methyl sites for hydroxylation is 1. The van der Waals surface area contributed by atoms with Crippen LogP contribution in [-0.4, -0.2) is 53.9 Å². The van der Waals surface area contributed by atoms with E-state index in [9.17, 15) is 14.4 Å². The second kappa shape index (κ2) is 4.90. The molecule has 2 fully saturated rings. The molecule has 0 spiro atoms. The maximum atomic E-state index is 12.1. The van der Waals surface area contributed by atoms with Crippen molar-refractivity contribution in [1.29, 1.82) is 0 Å². The molecule has 1 aromatic rings. The van der Waals surface area contributed by atoms with Crippen molar-refractivity contribution in [2.75, 3.05) is 26.2 Å². The van der Waals surface area contributed by atoms with Crippen LogP contribution in [0.2, 0.25) is 0 Å². The van der Waals surface area contributed by atoms with Gasteiger partial charge in [-0.1, -0.05) is 0 Å². The Bertz CT molecular complexity index is 561. The van der Waals surface area contributed by atoms with Gasteiger partial charge in [0.2, 0.25) is 0 Å². The van der Waals surface area contributed by atoms with Crippen LogP contribution in [0, 0.1) is 12.8 Å². The van der Waals surface area contributed by atoms with Crippen LogP contribution in [0.4, 0.5) is 4.79 Å². The number of cyclic esters (lactones) is 1. The van der Waals surface area contributed by atoms with E-state index < -0.39 is 6.09 Å². The molecule has 2 saturated heterocycles. The van der Waals surface area contributed by atoms with Crippen LogP contribution >= 0.6 is 11.3 Å². The summed E-state index contributed by atoms with van der Waals surface area (Å²) < 4.78 is 4.65. The minimum Gasteiger partial charge on any atom is -0.439 e. The predicted molar refractivity (Wildman–Crippen MR) is 71.5 cm³/mol. The summed E-state index contributed by atoms with van der Waals surface area (Å²) >= 11 is 1.48. The minimum absolute atomic E-state index is 0.0228. The molecule has 0 unspecified atom stereocenters. The Morgan fingerprint density at radius 1 is 1.40 bits per heavy atom. The van der Waals surface area contributed by atoms with Crippen LogP contribution in [-0.2, 0) is 9.53 Å². The summed E-state index contributed by atoms with van der Waals surface area (Å²) in [5.74, 6) is -0.127. The van der Waals surface area contributed by atoms with Crippen LogP contribution in [0.15, 0.2) is 12.1 Å². The molecule has 7 heteroatoms. The maximum absolute atomic E-state index is 12.1. The first kappa shape index (κ1) is 13.1. The number of imide groups is 1. The molecule has 0 saturated carbocycles. The van der Waals surface area contributed by atoms with Crippen molar-refractivity contribution in [3.8, 4) is 0 Å². The topological polar surface area (TPSA) is 66.9 Å². The summed E-state index contributed by atoms with van der Waals surface area (Å²) in [7, 11) is 0. The predicted octanol–water partition coefficient (Wildman–Crippen LogP) is 1.11. The number of hydrogen-bond acceptors (Lipinski definition) is 5. The Balaban J connectivity index is 1.53. The number of hydrogen-bond donors (Lipinski definition) is 0. The van der Waals surface area contributed by atoms with E-state index in [1.54, 1.807) is 4.90 Å². The Morgan fingerprint density at radius 2 is 2.15 bits per heavy atom. The third kappa shape index (κ3) is 2.29. The van der Waals surface area contributed by atoms with Crippen molar-refractivity contribution in [3.63, 3.8) is 0 Å². The van der Waals surface area contributed by atoms with Crippen LogP contribution in [0.3, 0.4) is 0 Å². The van der Waals surface area contributed by atoms with Gasteiger partial charge in [0.25, 0.3) is 11.8 Å². The van der Waals surface area contributed by atoms with E-state index in [-0.39, 0.29) is 24.3 Å². The summed E-state index contributed by atoms with van der Waals surface area (Å²) in [5, 5.41) is 0. The first-order valence-corrected chi connectivity index (χ1v) is 7.19. The lowest BCUT2D eigenvalue weighted by Gasteiger charge is -2.39. The number of likely N-dealkylation sites (tertiary alicyclic amines) is 1. The highest BCUT2D eigenvalue weighted by molar-refractivity contribution is 7.13. The van der Waals surface area contributed by atoms with Crippen molar-refractivity contribution in [2.24, 2.45) is 5.92 Å². The Kier molecular flexibility index (Phi) is 3.21. The van der Waals surface area contributed by atoms with Gasteiger partial charge in [0, 0.05) is 30.4 Å². The van der Waals surface area contributed by atoms with E-state index in [4.69, 9.17) is 0 Å². The van der Waals surface area contributed by atoms with Crippen molar-refractivity contribution < 1.29 is 19.1 Å². The quantitative estimate of drug-likeness (QED) is 0.837. The monoisotopic (exact) mass is 294 g/mol. The van der Waals surface area contributed by atoms with Gasteiger partial charge in [-0.15, -0.1) is 11.3 Å². The number of rotatable bonds is 3. The molecule has 6 nitrogen and oxygen atoms in total. The second-order valence-electron chi connectivity index (χ2n) is 5.05. The smallest absolute Gasteiger partial charge is 0.417 e. The molecule has 0 aromatic carbocycles. The van der Waals surface area contributed by atoms with E-state index in [0.29, 0.717) is 19.6 Å². The lowest BCUT2D eigenvalue weighted by Crippen LogP contribution is -2.54. The summed E-state index contributed by atoms with van der Waals surface area (Å²) in [4.78, 5) is 39.5. The molecule has 0 atom stereocenters. The average Bonchev–Trinajstić information content (AvgIpc) is 2.92. The fraction of sp³-hybridized carbons (Fsp3) is 0.462. The molecule has 106 valence electrons. The number of thiophene rings is 1. The third-order valence-electron chi connectivity index (χ3n) is 3.48. The second-order valence-corrected chi connectivity index (χ2v) is 6.33. The fourth-order valence-corrected chi connectivity index (χ4v) is 3.21. The molecule has 2 aliphatic heterocycles. The molecule has 0 aliphatic carbocycles. The molecule has 3 rings (SSSR count). The van der Waals surface area contributed by atoms with E-state index in [0.717, 1.165) is 14.7 Å². The van der Waals surface area contributed by atoms with Gasteiger partial charge in [0.05, 0.1) is 4.88 Å². The van der Waals surface area contributed by atoms with Crippen LogP contribution in [0.1, 0.15) is 14.5 Å².